The SMILES string of the molecule is CC(CN(C)Cc1c(C(=O)O)sc2ccccc12)c1nccs1. The van der Waals surface area contributed by atoms with E-state index in [0.717, 1.165) is 27.2 Å². The number of thiazole rings is 1. The summed E-state index contributed by atoms with van der Waals surface area (Å²) in [5, 5.41) is 13.6. The molecule has 0 aliphatic rings. The normalized spacial score (nSPS) is 12.8. The highest BCUT2D eigenvalue weighted by molar-refractivity contribution is 7.21. The van der Waals surface area contributed by atoms with Crippen LogP contribution in [-0.2, 0) is 6.54 Å². The number of rotatable bonds is 6. The van der Waals surface area contributed by atoms with Crippen LogP contribution < -0.4 is 0 Å². The van der Waals surface area contributed by atoms with Crippen LogP contribution in [0.25, 0.3) is 10.1 Å². The third kappa shape index (κ3) is 3.44. The Balaban J connectivity index is 1.83. The third-order valence-electron chi connectivity index (χ3n) is 3.78. The van der Waals surface area contributed by atoms with E-state index in [1.54, 1.807) is 11.3 Å². The number of aromatic nitrogens is 1. The van der Waals surface area contributed by atoms with Gasteiger partial charge in [0.15, 0.2) is 0 Å². The summed E-state index contributed by atoms with van der Waals surface area (Å²) in [5.41, 5.74) is 0.909. The van der Waals surface area contributed by atoms with Gasteiger partial charge in [0.2, 0.25) is 0 Å². The first-order valence-corrected chi connectivity index (χ1v) is 9.07. The number of aromatic carboxylic acids is 1. The minimum absolute atomic E-state index is 0.332. The zero-order valence-electron chi connectivity index (χ0n) is 13.0. The standard InChI is InChI=1S/C17H18N2O2S2/c1-11(16-18-7-8-22-16)9-19(2)10-13-12-5-3-4-6-14(12)23-15(13)17(20)21/h3-8,11H,9-10H2,1-2H3,(H,20,21). The lowest BCUT2D eigenvalue weighted by molar-refractivity contribution is 0.0700. The van der Waals surface area contributed by atoms with E-state index in [2.05, 4.69) is 16.8 Å². The van der Waals surface area contributed by atoms with Crippen LogP contribution in [0.15, 0.2) is 35.8 Å². The predicted octanol–water partition coefficient (Wildman–Crippen LogP) is 4.29. The van der Waals surface area contributed by atoms with Gasteiger partial charge in [-0.2, -0.15) is 0 Å². The molecule has 2 heterocycles. The molecule has 1 unspecified atom stereocenters. The molecule has 4 nitrogen and oxygen atoms in total. The average Bonchev–Trinajstić information content (AvgIpc) is 3.15. The maximum absolute atomic E-state index is 11.6. The molecule has 0 spiro atoms. The molecule has 120 valence electrons. The molecular formula is C17H18N2O2S2. The van der Waals surface area contributed by atoms with Crippen LogP contribution in [0.4, 0.5) is 0 Å². The highest BCUT2D eigenvalue weighted by Crippen LogP contribution is 2.32. The van der Waals surface area contributed by atoms with E-state index in [9.17, 15) is 9.90 Å². The van der Waals surface area contributed by atoms with Gasteiger partial charge in [-0.05, 0) is 24.1 Å². The largest absolute Gasteiger partial charge is 0.477 e. The van der Waals surface area contributed by atoms with Gasteiger partial charge in [-0.3, -0.25) is 0 Å². The van der Waals surface area contributed by atoms with Crippen molar-refractivity contribution in [2.24, 2.45) is 0 Å². The molecule has 0 saturated heterocycles. The van der Waals surface area contributed by atoms with Crippen molar-refractivity contribution in [3.05, 3.63) is 51.3 Å². The molecule has 3 rings (SSSR count). The van der Waals surface area contributed by atoms with Crippen LogP contribution in [-0.4, -0.2) is 34.6 Å². The van der Waals surface area contributed by atoms with Crippen LogP contribution in [0.5, 0.6) is 0 Å². The Labute approximate surface area is 143 Å². The number of carboxylic acids is 1. The number of hydrogen-bond acceptors (Lipinski definition) is 5. The zero-order valence-corrected chi connectivity index (χ0v) is 14.7. The second kappa shape index (κ2) is 6.78. The molecule has 1 atom stereocenters. The quantitative estimate of drug-likeness (QED) is 0.723. The maximum Gasteiger partial charge on any atom is 0.346 e. The van der Waals surface area contributed by atoms with Crippen LogP contribution in [0.3, 0.4) is 0 Å². The molecule has 0 radical (unpaired) electrons. The van der Waals surface area contributed by atoms with Gasteiger partial charge in [-0.25, -0.2) is 9.78 Å². The molecule has 3 aromatic rings. The monoisotopic (exact) mass is 346 g/mol. The summed E-state index contributed by atoms with van der Waals surface area (Å²) in [5.74, 6) is -0.513. The summed E-state index contributed by atoms with van der Waals surface area (Å²) >= 11 is 3.02. The van der Waals surface area contributed by atoms with Crippen LogP contribution >= 0.6 is 22.7 Å². The summed E-state index contributed by atoms with van der Waals surface area (Å²) in [6.07, 6.45) is 1.82. The van der Waals surface area contributed by atoms with Crippen molar-refractivity contribution in [3.63, 3.8) is 0 Å². The van der Waals surface area contributed by atoms with Gasteiger partial charge in [0, 0.05) is 35.3 Å². The third-order valence-corrected chi connectivity index (χ3v) is 5.99. The molecule has 6 heteroatoms. The van der Waals surface area contributed by atoms with E-state index in [4.69, 9.17) is 0 Å². The lowest BCUT2D eigenvalue weighted by Gasteiger charge is -2.20. The Bertz CT molecular complexity index is 811. The second-order valence-electron chi connectivity index (χ2n) is 5.68. The van der Waals surface area contributed by atoms with Gasteiger partial charge < -0.3 is 10.0 Å². The Morgan fingerprint density at radius 2 is 2.17 bits per heavy atom. The first-order chi connectivity index (χ1) is 11.1. The molecule has 0 bridgehead atoms. The molecular weight excluding hydrogens is 328 g/mol. The van der Waals surface area contributed by atoms with Crippen molar-refractivity contribution in [2.75, 3.05) is 13.6 Å². The number of thiophene rings is 1. The minimum Gasteiger partial charge on any atom is -0.477 e. The van der Waals surface area contributed by atoms with Gasteiger partial charge in [0.05, 0.1) is 5.01 Å². The van der Waals surface area contributed by atoms with Crippen molar-refractivity contribution in [1.29, 1.82) is 0 Å². The van der Waals surface area contributed by atoms with E-state index in [0.29, 0.717) is 17.3 Å². The van der Waals surface area contributed by atoms with Crippen molar-refractivity contribution >= 4 is 38.7 Å². The fourth-order valence-corrected chi connectivity index (χ4v) is 4.53. The number of carbonyl (C=O) groups is 1. The Kier molecular flexibility index (Phi) is 4.75. The van der Waals surface area contributed by atoms with Crippen LogP contribution in [0, 0.1) is 0 Å². The average molecular weight is 346 g/mol. The van der Waals surface area contributed by atoms with E-state index in [-0.39, 0.29) is 0 Å². The molecule has 0 saturated carbocycles. The molecule has 0 aliphatic heterocycles. The fraction of sp³-hybridized carbons (Fsp3) is 0.294. The number of hydrogen-bond donors (Lipinski definition) is 1. The highest BCUT2D eigenvalue weighted by atomic mass is 32.1. The van der Waals surface area contributed by atoms with Crippen molar-refractivity contribution in [2.45, 2.75) is 19.4 Å². The minimum atomic E-state index is -0.845. The van der Waals surface area contributed by atoms with Gasteiger partial charge >= 0.3 is 5.97 Å². The smallest absolute Gasteiger partial charge is 0.346 e. The van der Waals surface area contributed by atoms with Crippen molar-refractivity contribution in [3.8, 4) is 0 Å². The Morgan fingerprint density at radius 1 is 1.39 bits per heavy atom. The van der Waals surface area contributed by atoms with Crippen molar-refractivity contribution < 1.29 is 9.90 Å². The van der Waals surface area contributed by atoms with Crippen LogP contribution in [0.1, 0.15) is 33.1 Å². The molecule has 23 heavy (non-hydrogen) atoms. The van der Waals surface area contributed by atoms with Crippen molar-refractivity contribution in [1.82, 2.24) is 9.88 Å². The first kappa shape index (κ1) is 16.1. The molecule has 0 fully saturated rings. The molecule has 0 amide bonds. The van der Waals surface area contributed by atoms with Gasteiger partial charge in [-0.15, -0.1) is 22.7 Å². The number of likely N-dealkylation sites (N-methyl/N-ethyl adjacent to an activating group) is 1. The number of nitrogens with zero attached hydrogens (tertiary/aromatic N) is 2. The molecule has 1 aromatic carbocycles. The lowest BCUT2D eigenvalue weighted by atomic mass is 10.1. The first-order valence-electron chi connectivity index (χ1n) is 7.38. The number of carboxylic acid groups (broad SMARTS) is 1. The molecule has 1 N–H and O–H groups in total. The predicted molar refractivity (Wildman–Crippen MR) is 95.6 cm³/mol. The fourth-order valence-electron chi connectivity index (χ4n) is 2.79. The number of fused-ring (bicyclic) bond motifs is 1. The Hall–Kier alpha value is -1.76. The van der Waals surface area contributed by atoms with Gasteiger partial charge in [-0.1, -0.05) is 25.1 Å². The number of benzene rings is 1. The maximum atomic E-state index is 11.6. The van der Waals surface area contributed by atoms with E-state index in [1.165, 1.54) is 11.3 Å². The second-order valence-corrected chi connectivity index (χ2v) is 7.66. The van der Waals surface area contributed by atoms with E-state index in [1.807, 2.05) is 42.9 Å². The lowest BCUT2D eigenvalue weighted by Crippen LogP contribution is -2.23. The summed E-state index contributed by atoms with van der Waals surface area (Å²) in [6, 6.07) is 7.89. The van der Waals surface area contributed by atoms with E-state index >= 15 is 0 Å². The zero-order chi connectivity index (χ0) is 16.4. The highest BCUT2D eigenvalue weighted by Gasteiger charge is 2.20. The summed E-state index contributed by atoms with van der Waals surface area (Å²) in [7, 11) is 2.03. The Morgan fingerprint density at radius 3 is 2.87 bits per heavy atom. The molecule has 2 aromatic heterocycles. The summed E-state index contributed by atoms with van der Waals surface area (Å²) in [4.78, 5) is 18.5. The topological polar surface area (TPSA) is 53.4 Å². The van der Waals surface area contributed by atoms with Gasteiger partial charge in [0.1, 0.15) is 4.88 Å². The molecule has 0 aliphatic carbocycles. The van der Waals surface area contributed by atoms with E-state index < -0.39 is 5.97 Å². The summed E-state index contributed by atoms with van der Waals surface area (Å²) < 4.78 is 1.03. The van der Waals surface area contributed by atoms with Crippen LogP contribution in [0.2, 0.25) is 0 Å². The van der Waals surface area contributed by atoms with Gasteiger partial charge in [0.25, 0.3) is 0 Å². The summed E-state index contributed by atoms with van der Waals surface area (Å²) in [6.45, 7) is 3.62.